The molecule has 0 bridgehead atoms. The molecule has 8 heavy (non-hydrogen) atoms. The zero-order chi connectivity index (χ0) is 5.54. The SMILES string of the molecule is C=C/C=C\CC=O.[Ag]. The van der Waals surface area contributed by atoms with Crippen LogP contribution in [-0.4, -0.2) is 6.29 Å². The first-order valence-corrected chi connectivity index (χ1v) is 2.13. The van der Waals surface area contributed by atoms with Gasteiger partial charge in [-0.05, 0) is 0 Å². The molecule has 0 N–H and O–H groups in total. The monoisotopic (exact) mass is 203 g/mol. The van der Waals surface area contributed by atoms with Crippen LogP contribution in [0.4, 0.5) is 0 Å². The fourth-order valence-corrected chi connectivity index (χ4v) is 0.230. The van der Waals surface area contributed by atoms with Gasteiger partial charge in [-0.1, -0.05) is 24.8 Å². The predicted molar refractivity (Wildman–Crippen MR) is 30.0 cm³/mol. The standard InChI is InChI=1S/C6H8O.Ag/c1-2-3-4-5-6-7;/h2-4,6H,1,5H2;/b4-3-;. The molecule has 0 rings (SSSR count). The summed E-state index contributed by atoms with van der Waals surface area (Å²) in [4.78, 5) is 9.59. The van der Waals surface area contributed by atoms with Crippen molar-refractivity contribution >= 4 is 6.29 Å². The second-order valence-corrected chi connectivity index (χ2v) is 1.07. The van der Waals surface area contributed by atoms with Gasteiger partial charge in [0.1, 0.15) is 6.29 Å². The van der Waals surface area contributed by atoms with Crippen molar-refractivity contribution in [1.82, 2.24) is 0 Å². The van der Waals surface area contributed by atoms with Crippen LogP contribution < -0.4 is 0 Å². The minimum Gasteiger partial charge on any atom is -0.303 e. The van der Waals surface area contributed by atoms with Crippen LogP contribution in [0.5, 0.6) is 0 Å². The maximum Gasteiger partial charge on any atom is 0.123 e. The van der Waals surface area contributed by atoms with Gasteiger partial charge in [-0.3, -0.25) is 0 Å². The summed E-state index contributed by atoms with van der Waals surface area (Å²) in [5, 5.41) is 0. The van der Waals surface area contributed by atoms with E-state index < -0.39 is 0 Å². The Kier molecular flexibility index (Phi) is 13.5. The van der Waals surface area contributed by atoms with Gasteiger partial charge in [0.15, 0.2) is 0 Å². The van der Waals surface area contributed by atoms with E-state index in [1.807, 2.05) is 0 Å². The van der Waals surface area contributed by atoms with Gasteiger partial charge in [-0.25, -0.2) is 0 Å². The molecule has 0 spiro atoms. The van der Waals surface area contributed by atoms with Crippen molar-refractivity contribution in [3.8, 4) is 0 Å². The average Bonchev–Trinajstić information content (AvgIpc) is 1.69. The van der Waals surface area contributed by atoms with E-state index in [9.17, 15) is 4.79 Å². The van der Waals surface area contributed by atoms with E-state index in [0.29, 0.717) is 6.42 Å². The van der Waals surface area contributed by atoms with Gasteiger partial charge in [0.05, 0.1) is 0 Å². The number of carbonyl (C=O) groups excluding carboxylic acids is 1. The van der Waals surface area contributed by atoms with Gasteiger partial charge >= 0.3 is 0 Å². The quantitative estimate of drug-likeness (QED) is 0.385. The van der Waals surface area contributed by atoms with Crippen LogP contribution in [0, 0.1) is 0 Å². The smallest absolute Gasteiger partial charge is 0.123 e. The molecule has 0 aromatic carbocycles. The molecule has 0 aliphatic heterocycles. The van der Waals surface area contributed by atoms with Gasteiger partial charge < -0.3 is 4.79 Å². The molecule has 2 heteroatoms. The molecule has 0 aromatic heterocycles. The van der Waals surface area contributed by atoms with Crippen LogP contribution in [0.2, 0.25) is 0 Å². The van der Waals surface area contributed by atoms with E-state index in [1.165, 1.54) is 0 Å². The maximum absolute atomic E-state index is 9.59. The summed E-state index contributed by atoms with van der Waals surface area (Å²) in [6.45, 7) is 3.43. The second-order valence-electron chi connectivity index (χ2n) is 1.07. The second kappa shape index (κ2) is 10.00. The fourth-order valence-electron chi connectivity index (χ4n) is 0.230. The van der Waals surface area contributed by atoms with Crippen LogP contribution in [-0.2, 0) is 27.2 Å². The van der Waals surface area contributed by atoms with E-state index in [-0.39, 0.29) is 22.4 Å². The summed E-state index contributed by atoms with van der Waals surface area (Å²) in [6, 6.07) is 0. The van der Waals surface area contributed by atoms with Crippen LogP contribution >= 0.6 is 0 Å². The predicted octanol–water partition coefficient (Wildman–Crippen LogP) is 1.32. The first-order chi connectivity index (χ1) is 3.41. The number of hydrogen-bond acceptors (Lipinski definition) is 1. The van der Waals surface area contributed by atoms with E-state index >= 15 is 0 Å². The Morgan fingerprint density at radius 2 is 2.12 bits per heavy atom. The Balaban J connectivity index is 0. The molecule has 1 radical (unpaired) electrons. The molecule has 0 aliphatic carbocycles. The van der Waals surface area contributed by atoms with Crippen LogP contribution in [0.3, 0.4) is 0 Å². The third kappa shape index (κ3) is 9.31. The van der Waals surface area contributed by atoms with Crippen molar-refractivity contribution in [1.29, 1.82) is 0 Å². The van der Waals surface area contributed by atoms with Crippen molar-refractivity contribution in [2.45, 2.75) is 6.42 Å². The number of carbonyl (C=O) groups is 1. The fraction of sp³-hybridized carbons (Fsp3) is 0.167. The molecule has 0 atom stereocenters. The van der Waals surface area contributed by atoms with E-state index in [4.69, 9.17) is 0 Å². The summed E-state index contributed by atoms with van der Waals surface area (Å²) < 4.78 is 0. The average molecular weight is 204 g/mol. The molecule has 0 heterocycles. The first kappa shape index (κ1) is 10.8. The minimum absolute atomic E-state index is 0. The van der Waals surface area contributed by atoms with Crippen molar-refractivity contribution in [2.24, 2.45) is 0 Å². The Morgan fingerprint density at radius 1 is 1.50 bits per heavy atom. The summed E-state index contributed by atoms with van der Waals surface area (Å²) in [6.07, 6.45) is 6.48. The number of allylic oxidation sites excluding steroid dienone is 3. The third-order valence-electron chi connectivity index (χ3n) is 0.504. The van der Waals surface area contributed by atoms with E-state index in [0.717, 1.165) is 6.29 Å². The summed E-state index contributed by atoms with van der Waals surface area (Å²) in [7, 11) is 0. The van der Waals surface area contributed by atoms with Crippen molar-refractivity contribution in [3.05, 3.63) is 24.8 Å². The first-order valence-electron chi connectivity index (χ1n) is 2.13. The van der Waals surface area contributed by atoms with Gasteiger partial charge in [-0.2, -0.15) is 0 Å². The van der Waals surface area contributed by atoms with E-state index in [2.05, 4.69) is 6.58 Å². The molecule has 0 saturated carbocycles. The Bertz CT molecular complexity index is 86.5. The largest absolute Gasteiger partial charge is 0.303 e. The zero-order valence-electron chi connectivity index (χ0n) is 4.43. The van der Waals surface area contributed by atoms with Crippen LogP contribution in [0.1, 0.15) is 6.42 Å². The summed E-state index contributed by atoms with van der Waals surface area (Å²) in [5.74, 6) is 0. The molecule has 49 valence electrons. The number of hydrogen-bond donors (Lipinski definition) is 0. The van der Waals surface area contributed by atoms with Crippen molar-refractivity contribution in [2.75, 3.05) is 0 Å². The van der Waals surface area contributed by atoms with Gasteiger partial charge in [0.2, 0.25) is 0 Å². The summed E-state index contributed by atoms with van der Waals surface area (Å²) >= 11 is 0. The normalized spacial score (nSPS) is 8.00. The molecule has 0 unspecified atom stereocenters. The molecule has 0 fully saturated rings. The zero-order valence-corrected chi connectivity index (χ0v) is 5.92. The van der Waals surface area contributed by atoms with Crippen LogP contribution in [0.15, 0.2) is 24.8 Å². The van der Waals surface area contributed by atoms with Gasteiger partial charge in [0.25, 0.3) is 0 Å². The van der Waals surface area contributed by atoms with Crippen molar-refractivity contribution < 1.29 is 27.2 Å². The molecule has 0 aliphatic rings. The molecule has 1 nitrogen and oxygen atoms in total. The Morgan fingerprint density at radius 3 is 2.50 bits per heavy atom. The minimum atomic E-state index is 0. The molecular formula is C6H8AgO. The molecule has 0 aromatic rings. The number of aldehydes is 1. The van der Waals surface area contributed by atoms with Crippen LogP contribution in [0.25, 0.3) is 0 Å². The Hall–Kier alpha value is -0.110. The van der Waals surface area contributed by atoms with E-state index in [1.54, 1.807) is 18.2 Å². The number of rotatable bonds is 3. The molecule has 0 saturated heterocycles. The topological polar surface area (TPSA) is 17.1 Å². The third-order valence-corrected chi connectivity index (χ3v) is 0.504. The molecule has 0 amide bonds. The van der Waals surface area contributed by atoms with Gasteiger partial charge in [0, 0.05) is 28.8 Å². The van der Waals surface area contributed by atoms with Crippen molar-refractivity contribution in [3.63, 3.8) is 0 Å². The van der Waals surface area contributed by atoms with Gasteiger partial charge in [-0.15, -0.1) is 0 Å². The maximum atomic E-state index is 9.59. The molecular weight excluding hydrogens is 196 g/mol. The summed E-state index contributed by atoms with van der Waals surface area (Å²) in [5.41, 5.74) is 0. The Labute approximate surface area is 65.0 Å².